The van der Waals surface area contributed by atoms with Crippen LogP contribution in [0.25, 0.3) is 22.2 Å². The van der Waals surface area contributed by atoms with E-state index < -0.39 is 0 Å². The third kappa shape index (κ3) is 5.75. The van der Waals surface area contributed by atoms with Gasteiger partial charge in [-0.05, 0) is 42.3 Å². The molecule has 0 N–H and O–H groups in total. The minimum Gasteiger partial charge on any atom is -0.497 e. The molecule has 0 radical (unpaired) electrons. The Labute approximate surface area is 188 Å². The maximum Gasteiger partial charge on any atom is 0.225 e. The van der Waals surface area contributed by atoms with Crippen molar-refractivity contribution in [3.63, 3.8) is 0 Å². The van der Waals surface area contributed by atoms with Gasteiger partial charge in [-0.2, -0.15) is 0 Å². The molecular weight excluding hydrogens is 412 g/mol. The molecule has 164 valence electrons. The summed E-state index contributed by atoms with van der Waals surface area (Å²) >= 11 is 6.21. The number of hydrogen-bond acceptors (Lipinski definition) is 4. The lowest BCUT2D eigenvalue weighted by molar-refractivity contribution is -0.135. The predicted molar refractivity (Wildman–Crippen MR) is 125 cm³/mol. The Hall–Kier alpha value is -2.63. The number of carbonyl (C=O) groups is 1. The van der Waals surface area contributed by atoms with E-state index in [1.54, 1.807) is 14.2 Å². The van der Waals surface area contributed by atoms with Crippen LogP contribution in [0.2, 0.25) is 5.02 Å². The summed E-state index contributed by atoms with van der Waals surface area (Å²) in [4.78, 5) is 19.8. The number of methoxy groups -OCH3 is 2. The van der Waals surface area contributed by atoms with Crippen molar-refractivity contribution < 1.29 is 14.3 Å². The van der Waals surface area contributed by atoms with Crippen LogP contribution >= 0.6 is 11.6 Å². The second-order valence-corrected chi connectivity index (χ2v) is 8.26. The van der Waals surface area contributed by atoms with Crippen molar-refractivity contribution in [3.8, 4) is 17.0 Å². The third-order valence-corrected chi connectivity index (χ3v) is 5.38. The zero-order valence-electron chi connectivity index (χ0n) is 18.5. The average Bonchev–Trinajstić information content (AvgIpc) is 2.77. The molecule has 5 nitrogen and oxygen atoms in total. The predicted octanol–water partition coefficient (Wildman–Crippen LogP) is 5.58. The van der Waals surface area contributed by atoms with Crippen LogP contribution in [0.1, 0.15) is 25.8 Å². The molecule has 0 saturated carbocycles. The monoisotopic (exact) mass is 440 g/mol. The molecule has 1 heterocycles. The second-order valence-electron chi connectivity index (χ2n) is 7.83. The van der Waals surface area contributed by atoms with E-state index in [1.165, 1.54) is 0 Å². The molecule has 3 aromatic rings. The Morgan fingerprint density at radius 2 is 1.94 bits per heavy atom. The molecule has 0 fully saturated rings. The van der Waals surface area contributed by atoms with Crippen LogP contribution in [0, 0.1) is 5.92 Å². The molecule has 0 aliphatic carbocycles. The standard InChI is InChI=1S/C25H29ClN2O3/c1-17(2)25(29)28(11-6-12-30-3)16-20-13-18-9-10-21(26)15-23(18)27-24(20)19-7-5-8-22(14-19)31-4/h5,7-10,13-15,17H,6,11-12,16H2,1-4H3. The molecule has 0 aliphatic rings. The summed E-state index contributed by atoms with van der Waals surface area (Å²) in [6, 6.07) is 15.6. The molecule has 0 aliphatic heterocycles. The number of rotatable bonds is 9. The van der Waals surface area contributed by atoms with Gasteiger partial charge in [-0.3, -0.25) is 4.79 Å². The van der Waals surface area contributed by atoms with Gasteiger partial charge >= 0.3 is 0 Å². The van der Waals surface area contributed by atoms with Gasteiger partial charge in [0, 0.05) is 48.7 Å². The Bertz CT molecular complexity index is 1050. The molecule has 0 atom stereocenters. The van der Waals surface area contributed by atoms with Crippen LogP contribution in [0.3, 0.4) is 0 Å². The zero-order chi connectivity index (χ0) is 22.4. The fourth-order valence-electron chi connectivity index (χ4n) is 3.56. The van der Waals surface area contributed by atoms with Crippen LogP contribution in [0.5, 0.6) is 5.75 Å². The Balaban J connectivity index is 2.09. The van der Waals surface area contributed by atoms with Crippen molar-refractivity contribution in [3.05, 3.63) is 59.1 Å². The van der Waals surface area contributed by atoms with E-state index in [9.17, 15) is 4.79 Å². The first-order valence-electron chi connectivity index (χ1n) is 10.4. The molecule has 0 unspecified atom stereocenters. The Morgan fingerprint density at radius 1 is 1.13 bits per heavy atom. The smallest absolute Gasteiger partial charge is 0.225 e. The van der Waals surface area contributed by atoms with Crippen LogP contribution in [-0.2, 0) is 16.1 Å². The van der Waals surface area contributed by atoms with Crippen LogP contribution in [0.4, 0.5) is 0 Å². The highest BCUT2D eigenvalue weighted by Gasteiger charge is 2.20. The van der Waals surface area contributed by atoms with E-state index >= 15 is 0 Å². The van der Waals surface area contributed by atoms with Gasteiger partial charge < -0.3 is 14.4 Å². The number of ether oxygens (including phenoxy) is 2. The maximum atomic E-state index is 12.9. The lowest BCUT2D eigenvalue weighted by atomic mass is 10.0. The SMILES string of the molecule is COCCCN(Cc1cc2ccc(Cl)cc2nc1-c1cccc(OC)c1)C(=O)C(C)C. The largest absolute Gasteiger partial charge is 0.497 e. The fourth-order valence-corrected chi connectivity index (χ4v) is 3.73. The Morgan fingerprint density at radius 3 is 2.65 bits per heavy atom. The number of amides is 1. The fraction of sp³-hybridized carbons (Fsp3) is 0.360. The first kappa shape index (κ1) is 23.0. The number of pyridine rings is 1. The number of halogens is 1. The molecule has 0 saturated heterocycles. The summed E-state index contributed by atoms with van der Waals surface area (Å²) in [5.41, 5.74) is 3.55. The highest BCUT2D eigenvalue weighted by molar-refractivity contribution is 6.31. The van der Waals surface area contributed by atoms with Crippen molar-refractivity contribution in [2.24, 2.45) is 5.92 Å². The maximum absolute atomic E-state index is 12.9. The molecule has 1 aromatic heterocycles. The molecule has 6 heteroatoms. The lowest BCUT2D eigenvalue weighted by Crippen LogP contribution is -2.35. The highest BCUT2D eigenvalue weighted by atomic mass is 35.5. The summed E-state index contributed by atoms with van der Waals surface area (Å²) in [5, 5.41) is 1.63. The second kappa shape index (κ2) is 10.6. The quantitative estimate of drug-likeness (QED) is 0.407. The van der Waals surface area contributed by atoms with E-state index in [0.717, 1.165) is 39.9 Å². The molecule has 0 bridgehead atoms. The molecule has 0 spiro atoms. The zero-order valence-corrected chi connectivity index (χ0v) is 19.3. The first-order chi connectivity index (χ1) is 14.9. The number of benzene rings is 2. The normalized spacial score (nSPS) is 11.2. The summed E-state index contributed by atoms with van der Waals surface area (Å²) in [5.74, 6) is 0.783. The summed E-state index contributed by atoms with van der Waals surface area (Å²) < 4.78 is 10.6. The Kier molecular flexibility index (Phi) is 7.88. The van der Waals surface area contributed by atoms with E-state index in [2.05, 4.69) is 6.07 Å². The van der Waals surface area contributed by atoms with Crippen molar-refractivity contribution in [2.45, 2.75) is 26.8 Å². The lowest BCUT2D eigenvalue weighted by Gasteiger charge is -2.26. The van der Waals surface area contributed by atoms with Crippen LogP contribution in [0.15, 0.2) is 48.5 Å². The van der Waals surface area contributed by atoms with Gasteiger partial charge in [0.15, 0.2) is 0 Å². The summed E-state index contributed by atoms with van der Waals surface area (Å²) in [6.07, 6.45) is 0.778. The van der Waals surface area contributed by atoms with Crippen LogP contribution < -0.4 is 4.74 Å². The van der Waals surface area contributed by atoms with Gasteiger partial charge in [-0.15, -0.1) is 0 Å². The van der Waals surface area contributed by atoms with Gasteiger partial charge in [0.2, 0.25) is 5.91 Å². The molecule has 2 aromatic carbocycles. The number of fused-ring (bicyclic) bond motifs is 1. The van der Waals surface area contributed by atoms with Crippen molar-refractivity contribution in [2.75, 3.05) is 27.4 Å². The van der Waals surface area contributed by atoms with Gasteiger partial charge in [0.1, 0.15) is 5.75 Å². The van der Waals surface area contributed by atoms with E-state index in [-0.39, 0.29) is 11.8 Å². The van der Waals surface area contributed by atoms with Crippen molar-refractivity contribution in [1.29, 1.82) is 0 Å². The van der Waals surface area contributed by atoms with Crippen molar-refractivity contribution >= 4 is 28.4 Å². The molecule has 1 amide bonds. The van der Waals surface area contributed by atoms with Gasteiger partial charge in [0.25, 0.3) is 0 Å². The number of hydrogen-bond donors (Lipinski definition) is 0. The molecule has 3 rings (SSSR count). The van der Waals surface area contributed by atoms with Gasteiger partial charge in [-0.25, -0.2) is 4.98 Å². The number of carbonyl (C=O) groups excluding carboxylic acids is 1. The average molecular weight is 441 g/mol. The summed E-state index contributed by atoms with van der Waals surface area (Å²) in [6.45, 7) is 5.56. The topological polar surface area (TPSA) is 51.7 Å². The highest BCUT2D eigenvalue weighted by Crippen LogP contribution is 2.30. The first-order valence-corrected chi connectivity index (χ1v) is 10.8. The third-order valence-electron chi connectivity index (χ3n) is 5.15. The number of aromatic nitrogens is 1. The van der Waals surface area contributed by atoms with E-state index in [1.807, 2.05) is 61.2 Å². The van der Waals surface area contributed by atoms with Crippen LogP contribution in [-0.4, -0.2) is 43.2 Å². The molecular formula is C25H29ClN2O3. The summed E-state index contributed by atoms with van der Waals surface area (Å²) in [7, 11) is 3.32. The molecule has 31 heavy (non-hydrogen) atoms. The van der Waals surface area contributed by atoms with Gasteiger partial charge in [-0.1, -0.05) is 43.6 Å². The van der Waals surface area contributed by atoms with E-state index in [4.69, 9.17) is 26.1 Å². The van der Waals surface area contributed by atoms with Gasteiger partial charge in [0.05, 0.1) is 18.3 Å². The minimum absolute atomic E-state index is 0.0879. The number of nitrogens with zero attached hydrogens (tertiary/aromatic N) is 2. The minimum atomic E-state index is -0.0879. The van der Waals surface area contributed by atoms with Crippen molar-refractivity contribution in [1.82, 2.24) is 9.88 Å². The van der Waals surface area contributed by atoms with E-state index in [0.29, 0.717) is 24.7 Å².